The van der Waals surface area contributed by atoms with Gasteiger partial charge >= 0.3 is 0 Å². The van der Waals surface area contributed by atoms with Gasteiger partial charge in [-0.15, -0.1) is 0 Å². The van der Waals surface area contributed by atoms with E-state index in [9.17, 15) is 0 Å². The Hall–Kier alpha value is -4.26. The maximum atomic E-state index is 4.89. The van der Waals surface area contributed by atoms with Gasteiger partial charge in [-0.3, -0.25) is 10.1 Å². The Morgan fingerprint density at radius 1 is 0.938 bits per heavy atom. The van der Waals surface area contributed by atoms with Gasteiger partial charge in [0.2, 0.25) is 0 Å². The minimum Gasteiger partial charge on any atom is -0.379 e. The maximum absolute atomic E-state index is 4.89. The standard InChI is InChI=1S/C25H21N7/c1-14-4-3-5-16(10-14)21-22-19(8-9-27-21)29-25(30-22)24-23-20(31-32-24)7-6-18(28-23)17-11-15(2)12-26-13-17/h3-13,21,27H,1-2H3,(H,29,30)(H,31,32). The molecule has 0 saturated heterocycles. The first-order valence-electron chi connectivity index (χ1n) is 10.5. The summed E-state index contributed by atoms with van der Waals surface area (Å²) in [6.07, 6.45) is 7.59. The van der Waals surface area contributed by atoms with Crippen LogP contribution in [0.4, 0.5) is 0 Å². The third-order valence-electron chi connectivity index (χ3n) is 5.73. The topological polar surface area (TPSA) is 95.2 Å². The first kappa shape index (κ1) is 18.5. The lowest BCUT2D eigenvalue weighted by molar-refractivity contribution is 0.700. The molecule has 1 atom stereocenters. The van der Waals surface area contributed by atoms with Gasteiger partial charge in [0.15, 0.2) is 11.5 Å². The molecule has 0 amide bonds. The number of hydrogen-bond donors (Lipinski definition) is 3. The Morgan fingerprint density at radius 3 is 2.75 bits per heavy atom. The summed E-state index contributed by atoms with van der Waals surface area (Å²) in [4.78, 5) is 17.5. The molecule has 0 aliphatic carbocycles. The number of hydrogen-bond acceptors (Lipinski definition) is 5. The van der Waals surface area contributed by atoms with Crippen LogP contribution in [-0.4, -0.2) is 30.1 Å². The zero-order valence-corrected chi connectivity index (χ0v) is 17.7. The highest BCUT2D eigenvalue weighted by atomic mass is 15.2. The quantitative estimate of drug-likeness (QED) is 0.394. The first-order valence-corrected chi connectivity index (χ1v) is 10.5. The van der Waals surface area contributed by atoms with Crippen molar-refractivity contribution in [3.8, 4) is 22.8 Å². The van der Waals surface area contributed by atoms with Gasteiger partial charge in [-0.25, -0.2) is 9.97 Å². The van der Waals surface area contributed by atoms with E-state index < -0.39 is 0 Å². The van der Waals surface area contributed by atoms with Crippen molar-refractivity contribution in [1.29, 1.82) is 0 Å². The van der Waals surface area contributed by atoms with E-state index >= 15 is 0 Å². The zero-order chi connectivity index (χ0) is 21.7. The molecule has 156 valence electrons. The van der Waals surface area contributed by atoms with Crippen LogP contribution in [0.15, 0.2) is 61.1 Å². The monoisotopic (exact) mass is 419 g/mol. The highest BCUT2D eigenvalue weighted by Crippen LogP contribution is 2.32. The second-order valence-electron chi connectivity index (χ2n) is 8.15. The smallest absolute Gasteiger partial charge is 0.161 e. The molecular weight excluding hydrogens is 398 g/mol. The lowest BCUT2D eigenvalue weighted by Gasteiger charge is -2.20. The lowest BCUT2D eigenvalue weighted by atomic mass is 9.99. The van der Waals surface area contributed by atoms with E-state index in [4.69, 9.17) is 9.97 Å². The molecule has 1 aromatic carbocycles. The second-order valence-corrected chi connectivity index (χ2v) is 8.15. The SMILES string of the molecule is Cc1cncc(-c2ccc3[nH]nc(-c4nc5c([nH]4)C(c4cccc(C)c4)NC=C5)c3n2)c1. The van der Waals surface area contributed by atoms with Crippen molar-refractivity contribution in [2.75, 3.05) is 0 Å². The Morgan fingerprint density at radius 2 is 1.88 bits per heavy atom. The highest BCUT2D eigenvalue weighted by molar-refractivity contribution is 5.89. The predicted molar refractivity (Wildman–Crippen MR) is 125 cm³/mol. The fourth-order valence-electron chi connectivity index (χ4n) is 4.20. The lowest BCUT2D eigenvalue weighted by Crippen LogP contribution is -2.21. The van der Waals surface area contributed by atoms with E-state index in [2.05, 4.69) is 62.7 Å². The molecule has 0 spiro atoms. The number of H-pyrrole nitrogens is 2. The van der Waals surface area contributed by atoms with E-state index in [0.29, 0.717) is 11.5 Å². The van der Waals surface area contributed by atoms with Crippen LogP contribution < -0.4 is 5.32 Å². The molecule has 4 aromatic heterocycles. The molecule has 7 heteroatoms. The number of aromatic amines is 2. The van der Waals surface area contributed by atoms with Gasteiger partial charge in [0.1, 0.15) is 5.52 Å². The molecule has 32 heavy (non-hydrogen) atoms. The molecule has 0 radical (unpaired) electrons. The van der Waals surface area contributed by atoms with Gasteiger partial charge in [0, 0.05) is 18.0 Å². The van der Waals surface area contributed by atoms with Gasteiger partial charge in [0.25, 0.3) is 0 Å². The number of pyridine rings is 2. The number of benzene rings is 1. The minimum absolute atomic E-state index is 0.00300. The molecule has 1 aliphatic heterocycles. The number of nitrogens with zero attached hydrogens (tertiary/aromatic N) is 4. The molecule has 5 aromatic rings. The fraction of sp³-hybridized carbons (Fsp3) is 0.120. The van der Waals surface area contributed by atoms with Crippen LogP contribution in [0.2, 0.25) is 0 Å². The summed E-state index contributed by atoms with van der Waals surface area (Å²) < 4.78 is 0. The van der Waals surface area contributed by atoms with Crippen molar-refractivity contribution in [1.82, 2.24) is 35.5 Å². The zero-order valence-electron chi connectivity index (χ0n) is 17.7. The van der Waals surface area contributed by atoms with Crippen LogP contribution >= 0.6 is 0 Å². The number of rotatable bonds is 3. The van der Waals surface area contributed by atoms with Gasteiger partial charge in [-0.05, 0) is 55.4 Å². The van der Waals surface area contributed by atoms with Crippen molar-refractivity contribution in [3.05, 3.63) is 89.1 Å². The number of aromatic nitrogens is 6. The normalized spacial score (nSPS) is 15.0. The largest absolute Gasteiger partial charge is 0.379 e. The molecule has 6 rings (SSSR count). The Labute approximate surface area is 184 Å². The summed E-state index contributed by atoms with van der Waals surface area (Å²) in [5.41, 5.74) is 9.60. The van der Waals surface area contributed by atoms with E-state index in [1.54, 1.807) is 0 Å². The van der Waals surface area contributed by atoms with E-state index in [0.717, 1.165) is 39.2 Å². The van der Waals surface area contributed by atoms with Crippen molar-refractivity contribution in [2.45, 2.75) is 19.9 Å². The fourth-order valence-corrected chi connectivity index (χ4v) is 4.20. The van der Waals surface area contributed by atoms with Crippen LogP contribution in [0.25, 0.3) is 39.9 Å². The average molecular weight is 419 g/mol. The molecular formula is C25H21N7. The van der Waals surface area contributed by atoms with Crippen LogP contribution in [0, 0.1) is 13.8 Å². The molecule has 3 N–H and O–H groups in total. The first-order chi connectivity index (χ1) is 15.7. The maximum Gasteiger partial charge on any atom is 0.161 e. The van der Waals surface area contributed by atoms with Crippen LogP contribution in [-0.2, 0) is 0 Å². The molecule has 7 nitrogen and oxygen atoms in total. The summed E-state index contributed by atoms with van der Waals surface area (Å²) in [5.74, 6) is 0.694. The molecule has 0 bridgehead atoms. The van der Waals surface area contributed by atoms with Crippen LogP contribution in [0.1, 0.15) is 34.1 Å². The number of aryl methyl sites for hydroxylation is 2. The summed E-state index contributed by atoms with van der Waals surface area (Å²) >= 11 is 0. The number of imidazole rings is 1. The van der Waals surface area contributed by atoms with Crippen LogP contribution in [0.5, 0.6) is 0 Å². The second kappa shape index (κ2) is 7.16. The Kier molecular flexibility index (Phi) is 4.14. The van der Waals surface area contributed by atoms with Crippen molar-refractivity contribution in [3.63, 3.8) is 0 Å². The molecule has 0 saturated carbocycles. The molecule has 0 fully saturated rings. The van der Waals surface area contributed by atoms with Gasteiger partial charge in [0.05, 0.1) is 28.6 Å². The predicted octanol–water partition coefficient (Wildman–Crippen LogP) is 4.69. The summed E-state index contributed by atoms with van der Waals surface area (Å²) in [7, 11) is 0. The Balaban J connectivity index is 1.45. The van der Waals surface area contributed by atoms with Crippen molar-refractivity contribution < 1.29 is 0 Å². The summed E-state index contributed by atoms with van der Waals surface area (Å²) in [6, 6.07) is 14.6. The highest BCUT2D eigenvalue weighted by Gasteiger charge is 2.24. The van der Waals surface area contributed by atoms with Gasteiger partial charge < -0.3 is 10.3 Å². The third-order valence-corrected chi connectivity index (χ3v) is 5.73. The average Bonchev–Trinajstić information content (AvgIpc) is 3.42. The Bertz CT molecular complexity index is 1490. The molecule has 1 unspecified atom stereocenters. The minimum atomic E-state index is 0.00300. The summed E-state index contributed by atoms with van der Waals surface area (Å²) in [6.45, 7) is 4.13. The van der Waals surface area contributed by atoms with Gasteiger partial charge in [-0.1, -0.05) is 29.8 Å². The summed E-state index contributed by atoms with van der Waals surface area (Å²) in [5, 5.41) is 11.1. The van der Waals surface area contributed by atoms with E-state index in [1.807, 2.05) is 43.7 Å². The van der Waals surface area contributed by atoms with E-state index in [-0.39, 0.29) is 6.04 Å². The van der Waals surface area contributed by atoms with Gasteiger partial charge in [-0.2, -0.15) is 5.10 Å². The van der Waals surface area contributed by atoms with Crippen molar-refractivity contribution >= 4 is 17.1 Å². The molecule has 5 heterocycles. The molecule has 1 aliphatic rings. The van der Waals surface area contributed by atoms with Crippen LogP contribution in [0.3, 0.4) is 0 Å². The van der Waals surface area contributed by atoms with Crippen molar-refractivity contribution in [2.24, 2.45) is 0 Å². The third kappa shape index (κ3) is 3.06. The number of fused-ring (bicyclic) bond motifs is 2. The van der Waals surface area contributed by atoms with E-state index in [1.165, 1.54) is 11.1 Å². The number of nitrogens with one attached hydrogen (secondary N) is 3.